The summed E-state index contributed by atoms with van der Waals surface area (Å²) in [5.41, 5.74) is 1.81. The first kappa shape index (κ1) is 22.3. The van der Waals surface area contributed by atoms with Gasteiger partial charge in [0.15, 0.2) is 11.0 Å². The molecule has 0 unspecified atom stereocenters. The van der Waals surface area contributed by atoms with E-state index in [1.165, 1.54) is 11.8 Å². The summed E-state index contributed by atoms with van der Waals surface area (Å²) < 4.78 is 7.78. The van der Waals surface area contributed by atoms with Crippen molar-refractivity contribution in [2.75, 3.05) is 10.7 Å². The average Bonchev–Trinajstić information content (AvgIpc) is 3.26. The van der Waals surface area contributed by atoms with E-state index in [0.717, 1.165) is 26.9 Å². The van der Waals surface area contributed by atoms with E-state index in [9.17, 15) is 4.79 Å². The van der Waals surface area contributed by atoms with Crippen molar-refractivity contribution >= 4 is 40.8 Å². The number of ether oxygens (including phenoxy) is 1. The lowest BCUT2D eigenvalue weighted by Gasteiger charge is -2.30. The number of benzene rings is 3. The van der Waals surface area contributed by atoms with E-state index in [-0.39, 0.29) is 18.3 Å². The molecule has 0 N–H and O–H groups in total. The SMILES string of the molecule is C=CCn1c(COc2ccccc2)nnc1SCC(=O)N1c2ccccc2Sc2ccccc21. The monoisotopic (exact) mass is 486 g/mol. The largest absolute Gasteiger partial charge is 0.486 e. The van der Waals surface area contributed by atoms with Crippen molar-refractivity contribution in [2.24, 2.45) is 0 Å². The highest BCUT2D eigenvalue weighted by Gasteiger charge is 2.28. The molecule has 0 spiro atoms. The fourth-order valence-electron chi connectivity index (χ4n) is 3.67. The second kappa shape index (κ2) is 10.2. The van der Waals surface area contributed by atoms with Gasteiger partial charge in [0, 0.05) is 16.3 Å². The van der Waals surface area contributed by atoms with Crippen molar-refractivity contribution in [3.63, 3.8) is 0 Å². The zero-order valence-corrected chi connectivity index (χ0v) is 20.0. The summed E-state index contributed by atoms with van der Waals surface area (Å²) in [5, 5.41) is 9.29. The van der Waals surface area contributed by atoms with Gasteiger partial charge in [-0.3, -0.25) is 14.3 Å². The van der Waals surface area contributed by atoms with Crippen LogP contribution in [0, 0.1) is 0 Å². The Morgan fingerprint density at radius 1 is 0.941 bits per heavy atom. The predicted molar refractivity (Wildman–Crippen MR) is 136 cm³/mol. The minimum absolute atomic E-state index is 0.0135. The minimum atomic E-state index is -0.0135. The van der Waals surface area contributed by atoms with E-state index in [0.29, 0.717) is 17.5 Å². The Morgan fingerprint density at radius 2 is 1.59 bits per heavy atom. The van der Waals surface area contributed by atoms with Crippen molar-refractivity contribution in [3.8, 4) is 5.75 Å². The summed E-state index contributed by atoms with van der Waals surface area (Å²) >= 11 is 3.05. The van der Waals surface area contributed by atoms with Gasteiger partial charge >= 0.3 is 0 Å². The second-order valence-corrected chi connectivity index (χ2v) is 9.48. The number of thioether (sulfide) groups is 1. The number of aromatic nitrogens is 3. The zero-order chi connectivity index (χ0) is 23.3. The number of anilines is 2. The topological polar surface area (TPSA) is 60.2 Å². The van der Waals surface area contributed by atoms with Gasteiger partial charge in [-0.2, -0.15) is 0 Å². The van der Waals surface area contributed by atoms with Crippen LogP contribution in [0.25, 0.3) is 0 Å². The third kappa shape index (κ3) is 4.60. The predicted octanol–water partition coefficient (Wildman–Crippen LogP) is 5.96. The second-order valence-electron chi connectivity index (χ2n) is 7.46. The van der Waals surface area contributed by atoms with Crippen molar-refractivity contribution in [3.05, 3.63) is 97.3 Å². The number of carbonyl (C=O) groups is 1. The van der Waals surface area contributed by atoms with Crippen molar-refractivity contribution in [2.45, 2.75) is 28.1 Å². The van der Waals surface area contributed by atoms with E-state index in [1.54, 1.807) is 17.8 Å². The number of fused-ring (bicyclic) bond motifs is 2. The smallest absolute Gasteiger partial charge is 0.242 e. The Morgan fingerprint density at radius 3 is 2.26 bits per heavy atom. The Balaban J connectivity index is 1.34. The molecule has 6 nitrogen and oxygen atoms in total. The molecule has 3 aromatic carbocycles. The molecule has 1 aliphatic rings. The Kier molecular flexibility index (Phi) is 6.69. The third-order valence-corrected chi connectivity index (χ3v) is 7.30. The average molecular weight is 487 g/mol. The van der Waals surface area contributed by atoms with Gasteiger partial charge in [0.1, 0.15) is 12.4 Å². The van der Waals surface area contributed by atoms with Gasteiger partial charge in [-0.1, -0.05) is 72.1 Å². The molecule has 1 aromatic heterocycles. The van der Waals surface area contributed by atoms with Gasteiger partial charge in [-0.05, 0) is 36.4 Å². The molecule has 0 saturated heterocycles. The van der Waals surface area contributed by atoms with E-state index < -0.39 is 0 Å². The Hall–Kier alpha value is -3.49. The molecular formula is C26H22N4O2S2. The maximum absolute atomic E-state index is 13.5. The molecule has 0 radical (unpaired) electrons. The van der Waals surface area contributed by atoms with Crippen LogP contribution < -0.4 is 9.64 Å². The molecule has 8 heteroatoms. The van der Waals surface area contributed by atoms with Crippen LogP contribution in [-0.2, 0) is 17.9 Å². The van der Waals surface area contributed by atoms with Crippen LogP contribution in [0.3, 0.4) is 0 Å². The summed E-state index contributed by atoms with van der Waals surface area (Å²) in [6.07, 6.45) is 1.79. The number of nitrogens with zero attached hydrogens (tertiary/aromatic N) is 4. The molecule has 0 fully saturated rings. The summed E-state index contributed by atoms with van der Waals surface area (Å²) in [6.45, 7) is 4.66. The van der Waals surface area contributed by atoms with E-state index >= 15 is 0 Å². The van der Waals surface area contributed by atoms with Gasteiger partial charge in [0.2, 0.25) is 5.91 Å². The number of amides is 1. The molecule has 170 valence electrons. The van der Waals surface area contributed by atoms with Crippen LogP contribution in [0.2, 0.25) is 0 Å². The van der Waals surface area contributed by atoms with Crippen LogP contribution in [-0.4, -0.2) is 26.4 Å². The van der Waals surface area contributed by atoms with E-state index in [2.05, 4.69) is 16.8 Å². The van der Waals surface area contributed by atoms with Gasteiger partial charge in [0.25, 0.3) is 0 Å². The lowest BCUT2D eigenvalue weighted by Crippen LogP contribution is -2.30. The maximum Gasteiger partial charge on any atom is 0.242 e. The van der Waals surface area contributed by atoms with Gasteiger partial charge in [-0.15, -0.1) is 16.8 Å². The van der Waals surface area contributed by atoms with Crippen molar-refractivity contribution in [1.29, 1.82) is 0 Å². The van der Waals surface area contributed by atoms with Gasteiger partial charge in [0.05, 0.1) is 17.1 Å². The molecular weight excluding hydrogens is 464 g/mol. The van der Waals surface area contributed by atoms with Crippen LogP contribution in [0.1, 0.15) is 5.82 Å². The molecule has 2 heterocycles. The van der Waals surface area contributed by atoms with Crippen LogP contribution in [0.15, 0.2) is 106 Å². The molecule has 4 aromatic rings. The summed E-state index contributed by atoms with van der Waals surface area (Å²) in [7, 11) is 0. The van der Waals surface area contributed by atoms with E-state index in [4.69, 9.17) is 4.74 Å². The standard InChI is InChI=1S/C26H22N4O2S2/c1-2-16-29-24(17-32-19-10-4-3-5-11-19)27-28-26(29)33-18-25(31)30-20-12-6-8-14-22(20)34-23-15-9-7-13-21(23)30/h2-15H,1,16-18H2. The molecule has 0 atom stereocenters. The number of hydrogen-bond donors (Lipinski definition) is 0. The Labute approximate surface area is 206 Å². The first-order valence-electron chi connectivity index (χ1n) is 10.8. The normalized spacial score (nSPS) is 12.1. The molecule has 34 heavy (non-hydrogen) atoms. The quantitative estimate of drug-likeness (QED) is 0.226. The van der Waals surface area contributed by atoms with Crippen molar-refractivity contribution < 1.29 is 9.53 Å². The number of hydrogen-bond acceptors (Lipinski definition) is 6. The number of para-hydroxylation sites is 3. The summed E-state index contributed by atoms with van der Waals surface area (Å²) in [4.78, 5) is 17.4. The number of carbonyl (C=O) groups excluding carboxylic acids is 1. The summed E-state index contributed by atoms with van der Waals surface area (Å²) in [5.74, 6) is 1.66. The highest BCUT2D eigenvalue weighted by atomic mass is 32.2. The fraction of sp³-hybridized carbons (Fsp3) is 0.115. The molecule has 0 saturated carbocycles. The minimum Gasteiger partial charge on any atom is -0.486 e. The fourth-order valence-corrected chi connectivity index (χ4v) is 5.55. The number of rotatable bonds is 8. The molecule has 0 bridgehead atoms. The molecule has 5 rings (SSSR count). The van der Waals surface area contributed by atoms with Gasteiger partial charge in [-0.25, -0.2) is 0 Å². The first-order chi connectivity index (χ1) is 16.7. The highest BCUT2D eigenvalue weighted by Crippen LogP contribution is 2.48. The lowest BCUT2D eigenvalue weighted by atomic mass is 10.2. The third-order valence-electron chi connectivity index (χ3n) is 5.22. The number of allylic oxidation sites excluding steroid dienone is 1. The first-order valence-corrected chi connectivity index (χ1v) is 12.6. The molecule has 1 amide bonds. The highest BCUT2D eigenvalue weighted by molar-refractivity contribution is 8.00. The molecule has 1 aliphatic heterocycles. The zero-order valence-electron chi connectivity index (χ0n) is 18.3. The molecule has 0 aliphatic carbocycles. The van der Waals surface area contributed by atoms with Crippen LogP contribution >= 0.6 is 23.5 Å². The van der Waals surface area contributed by atoms with Crippen molar-refractivity contribution in [1.82, 2.24) is 14.8 Å². The maximum atomic E-state index is 13.5. The van der Waals surface area contributed by atoms with Gasteiger partial charge < -0.3 is 4.74 Å². The van der Waals surface area contributed by atoms with E-state index in [1.807, 2.05) is 88.3 Å². The summed E-state index contributed by atoms with van der Waals surface area (Å²) in [6, 6.07) is 25.5. The van der Waals surface area contributed by atoms with Crippen LogP contribution in [0.4, 0.5) is 11.4 Å². The lowest BCUT2D eigenvalue weighted by molar-refractivity contribution is -0.115. The Bertz CT molecular complexity index is 1280. The van der Waals surface area contributed by atoms with Crippen LogP contribution in [0.5, 0.6) is 5.75 Å².